The lowest BCUT2D eigenvalue weighted by Gasteiger charge is -2.10. The summed E-state index contributed by atoms with van der Waals surface area (Å²) < 4.78 is 36.9. The number of sulfone groups is 1. The first-order chi connectivity index (χ1) is 14.1. The molecule has 0 unspecified atom stereocenters. The van der Waals surface area contributed by atoms with Gasteiger partial charge in [0.05, 0.1) is 9.92 Å². The molecule has 0 aliphatic rings. The summed E-state index contributed by atoms with van der Waals surface area (Å²) >= 11 is 5.90. The summed E-state index contributed by atoms with van der Waals surface area (Å²) in [4.78, 5) is 24.8. The SMILES string of the molecule is CS(=O)(=O)c1cc(C(=O)Nc2cccc(C(=O)Nc3cccc(F)c3)c2)ccc1Cl. The Morgan fingerprint density at radius 1 is 0.833 bits per heavy atom. The molecule has 2 N–H and O–H groups in total. The molecule has 0 atom stereocenters. The summed E-state index contributed by atoms with van der Waals surface area (Å²) in [6, 6.07) is 15.5. The minimum atomic E-state index is -3.60. The van der Waals surface area contributed by atoms with Crippen molar-refractivity contribution >= 4 is 44.6 Å². The molecule has 3 aromatic carbocycles. The molecular weight excluding hydrogens is 431 g/mol. The molecule has 0 radical (unpaired) electrons. The standard InChI is InChI=1S/C21H16ClFN2O4S/c1-30(28,29)19-11-14(8-9-18(19)22)21(27)24-16-6-2-4-13(10-16)20(26)25-17-7-3-5-15(23)12-17/h2-12H,1H3,(H,24,27)(H,25,26). The fourth-order valence-electron chi connectivity index (χ4n) is 2.64. The molecule has 154 valence electrons. The highest BCUT2D eigenvalue weighted by molar-refractivity contribution is 7.90. The van der Waals surface area contributed by atoms with Crippen molar-refractivity contribution in [3.05, 3.63) is 88.7 Å². The van der Waals surface area contributed by atoms with Crippen LogP contribution in [-0.2, 0) is 9.84 Å². The van der Waals surface area contributed by atoms with Gasteiger partial charge in [0.15, 0.2) is 9.84 Å². The zero-order valence-corrected chi connectivity index (χ0v) is 17.2. The van der Waals surface area contributed by atoms with E-state index in [2.05, 4.69) is 10.6 Å². The van der Waals surface area contributed by atoms with Gasteiger partial charge in [-0.25, -0.2) is 12.8 Å². The second-order valence-electron chi connectivity index (χ2n) is 6.42. The second-order valence-corrected chi connectivity index (χ2v) is 8.81. The van der Waals surface area contributed by atoms with Crippen LogP contribution in [0.15, 0.2) is 71.6 Å². The molecule has 0 spiro atoms. The number of amides is 2. The van der Waals surface area contributed by atoms with Crippen molar-refractivity contribution < 1.29 is 22.4 Å². The third-order valence-corrected chi connectivity index (χ3v) is 5.64. The fraction of sp³-hybridized carbons (Fsp3) is 0.0476. The van der Waals surface area contributed by atoms with Gasteiger partial charge in [0.2, 0.25) is 0 Å². The number of rotatable bonds is 5. The van der Waals surface area contributed by atoms with Crippen molar-refractivity contribution in [1.29, 1.82) is 0 Å². The smallest absolute Gasteiger partial charge is 0.255 e. The molecule has 0 aromatic heterocycles. The minimum Gasteiger partial charge on any atom is -0.322 e. The van der Waals surface area contributed by atoms with E-state index in [1.807, 2.05) is 0 Å². The van der Waals surface area contributed by atoms with Gasteiger partial charge in [-0.3, -0.25) is 9.59 Å². The van der Waals surface area contributed by atoms with E-state index >= 15 is 0 Å². The molecule has 0 fully saturated rings. The van der Waals surface area contributed by atoms with Crippen LogP contribution < -0.4 is 10.6 Å². The van der Waals surface area contributed by atoms with Crippen LogP contribution in [0.5, 0.6) is 0 Å². The highest BCUT2D eigenvalue weighted by atomic mass is 35.5. The van der Waals surface area contributed by atoms with Crippen LogP contribution in [0.4, 0.5) is 15.8 Å². The zero-order valence-electron chi connectivity index (χ0n) is 15.6. The number of nitrogens with one attached hydrogen (secondary N) is 2. The van der Waals surface area contributed by atoms with Gasteiger partial charge in [0, 0.05) is 28.8 Å². The van der Waals surface area contributed by atoms with Crippen LogP contribution in [0.2, 0.25) is 5.02 Å². The summed E-state index contributed by atoms with van der Waals surface area (Å²) in [6.45, 7) is 0. The lowest BCUT2D eigenvalue weighted by molar-refractivity contribution is 0.101. The van der Waals surface area contributed by atoms with Gasteiger partial charge in [0.1, 0.15) is 5.82 Å². The third-order valence-electron chi connectivity index (χ3n) is 4.06. The second kappa shape index (κ2) is 8.64. The molecule has 9 heteroatoms. The maximum absolute atomic E-state index is 13.3. The fourth-order valence-corrected chi connectivity index (χ4v) is 3.94. The van der Waals surface area contributed by atoms with Gasteiger partial charge in [0.25, 0.3) is 11.8 Å². The van der Waals surface area contributed by atoms with E-state index in [1.54, 1.807) is 18.2 Å². The number of hydrogen-bond acceptors (Lipinski definition) is 4. The number of hydrogen-bond donors (Lipinski definition) is 2. The lowest BCUT2D eigenvalue weighted by atomic mass is 10.1. The Kier molecular flexibility index (Phi) is 6.19. The third kappa shape index (κ3) is 5.22. The molecule has 3 aromatic rings. The maximum Gasteiger partial charge on any atom is 0.255 e. The van der Waals surface area contributed by atoms with Crippen LogP contribution in [0, 0.1) is 5.82 Å². The summed E-state index contributed by atoms with van der Waals surface area (Å²) in [7, 11) is -3.60. The van der Waals surface area contributed by atoms with Crippen LogP contribution >= 0.6 is 11.6 Å². The van der Waals surface area contributed by atoms with Crippen molar-refractivity contribution in [3.63, 3.8) is 0 Å². The number of benzene rings is 3. The quantitative estimate of drug-likeness (QED) is 0.608. The lowest BCUT2D eigenvalue weighted by Crippen LogP contribution is -2.15. The molecule has 0 bridgehead atoms. The average Bonchev–Trinajstić information content (AvgIpc) is 2.67. The normalized spacial score (nSPS) is 11.0. The first-order valence-corrected chi connectivity index (χ1v) is 10.9. The number of anilines is 2. The Balaban J connectivity index is 1.78. The minimum absolute atomic E-state index is 0.0186. The van der Waals surface area contributed by atoms with E-state index in [-0.39, 0.29) is 21.0 Å². The van der Waals surface area contributed by atoms with E-state index < -0.39 is 27.5 Å². The Morgan fingerprint density at radius 3 is 2.00 bits per heavy atom. The first kappa shape index (κ1) is 21.5. The van der Waals surface area contributed by atoms with Gasteiger partial charge in [-0.15, -0.1) is 0 Å². The topological polar surface area (TPSA) is 92.3 Å². The summed E-state index contributed by atoms with van der Waals surface area (Å²) in [5.74, 6) is -1.54. The molecule has 30 heavy (non-hydrogen) atoms. The molecule has 0 saturated heterocycles. The molecule has 0 saturated carbocycles. The van der Waals surface area contributed by atoms with Gasteiger partial charge in [-0.1, -0.05) is 23.7 Å². The molecule has 6 nitrogen and oxygen atoms in total. The Labute approximate surface area is 177 Å². The van der Waals surface area contributed by atoms with Gasteiger partial charge >= 0.3 is 0 Å². The van der Waals surface area contributed by atoms with Crippen molar-refractivity contribution in [2.45, 2.75) is 4.90 Å². The average molecular weight is 447 g/mol. The molecule has 2 amide bonds. The van der Waals surface area contributed by atoms with Crippen LogP contribution in [0.25, 0.3) is 0 Å². The van der Waals surface area contributed by atoms with E-state index in [9.17, 15) is 22.4 Å². The van der Waals surface area contributed by atoms with E-state index in [0.29, 0.717) is 11.4 Å². The maximum atomic E-state index is 13.3. The van der Waals surface area contributed by atoms with Crippen molar-refractivity contribution in [2.24, 2.45) is 0 Å². The zero-order chi connectivity index (χ0) is 21.9. The largest absolute Gasteiger partial charge is 0.322 e. The Morgan fingerprint density at radius 2 is 1.40 bits per heavy atom. The van der Waals surface area contributed by atoms with Crippen molar-refractivity contribution in [3.8, 4) is 0 Å². The van der Waals surface area contributed by atoms with Crippen molar-refractivity contribution in [1.82, 2.24) is 0 Å². The predicted molar refractivity (Wildman–Crippen MR) is 113 cm³/mol. The summed E-state index contributed by atoms with van der Waals surface area (Å²) in [5.41, 5.74) is 0.950. The van der Waals surface area contributed by atoms with E-state index in [1.165, 1.54) is 48.5 Å². The molecule has 3 rings (SSSR count). The Bertz CT molecular complexity index is 1250. The molecule has 0 heterocycles. The van der Waals surface area contributed by atoms with Crippen LogP contribution in [0.3, 0.4) is 0 Å². The van der Waals surface area contributed by atoms with Gasteiger partial charge in [-0.05, 0) is 54.6 Å². The molecule has 0 aliphatic carbocycles. The van der Waals surface area contributed by atoms with Crippen LogP contribution in [0.1, 0.15) is 20.7 Å². The molecular formula is C21H16ClFN2O4S. The highest BCUT2D eigenvalue weighted by Gasteiger charge is 2.16. The first-order valence-electron chi connectivity index (χ1n) is 8.61. The van der Waals surface area contributed by atoms with Gasteiger partial charge < -0.3 is 10.6 Å². The summed E-state index contributed by atoms with van der Waals surface area (Å²) in [5, 5.41) is 5.19. The number of carbonyl (C=O) groups excluding carboxylic acids is 2. The van der Waals surface area contributed by atoms with Crippen LogP contribution in [-0.4, -0.2) is 26.5 Å². The number of carbonyl (C=O) groups is 2. The Hall–Kier alpha value is -3.23. The number of halogens is 2. The summed E-state index contributed by atoms with van der Waals surface area (Å²) in [6.07, 6.45) is 0.997. The predicted octanol–water partition coefficient (Wildman–Crippen LogP) is 4.39. The van der Waals surface area contributed by atoms with E-state index in [0.717, 1.165) is 6.26 Å². The van der Waals surface area contributed by atoms with Gasteiger partial charge in [-0.2, -0.15) is 0 Å². The van der Waals surface area contributed by atoms with Crippen molar-refractivity contribution in [2.75, 3.05) is 16.9 Å². The highest BCUT2D eigenvalue weighted by Crippen LogP contribution is 2.23. The van der Waals surface area contributed by atoms with E-state index in [4.69, 9.17) is 11.6 Å². The molecule has 0 aliphatic heterocycles. The monoisotopic (exact) mass is 446 g/mol.